The molecule has 0 amide bonds. The Morgan fingerprint density at radius 1 is 0.885 bits per heavy atom. The van der Waals surface area contributed by atoms with Gasteiger partial charge in [0.05, 0.1) is 14.2 Å². The van der Waals surface area contributed by atoms with Gasteiger partial charge in [-0.05, 0) is 48.6 Å². The van der Waals surface area contributed by atoms with Gasteiger partial charge in [-0.3, -0.25) is 0 Å². The van der Waals surface area contributed by atoms with Crippen molar-refractivity contribution in [2.75, 3.05) is 14.2 Å². The van der Waals surface area contributed by atoms with E-state index in [1.807, 2.05) is 12.1 Å². The van der Waals surface area contributed by atoms with Crippen LogP contribution in [0.25, 0.3) is 12.2 Å². The molecule has 4 heteroatoms. The molecule has 1 aliphatic rings. The van der Waals surface area contributed by atoms with Crippen LogP contribution in [0.2, 0.25) is 0 Å². The molecule has 0 heterocycles. The molecule has 0 radical (unpaired) electrons. The lowest BCUT2D eigenvalue weighted by molar-refractivity contribution is 0.359. The minimum Gasteiger partial charge on any atom is -0.496 e. The average Bonchev–Trinajstić information content (AvgIpc) is 2.67. The van der Waals surface area contributed by atoms with Gasteiger partial charge in [-0.1, -0.05) is 31.4 Å². The number of halogens is 2. The molecular weight excluding hydrogens is 334 g/mol. The molecule has 1 saturated carbocycles. The molecule has 0 bridgehead atoms. The van der Waals surface area contributed by atoms with Crippen molar-refractivity contribution in [3.8, 4) is 11.5 Å². The van der Waals surface area contributed by atoms with Crippen LogP contribution in [0.1, 0.15) is 54.7 Å². The largest absolute Gasteiger partial charge is 0.496 e. The van der Waals surface area contributed by atoms with Crippen LogP contribution < -0.4 is 9.47 Å². The highest BCUT2D eigenvalue weighted by molar-refractivity contribution is 5.72. The third kappa shape index (κ3) is 4.06. The molecule has 0 N–H and O–H groups in total. The Balaban J connectivity index is 1.94. The van der Waals surface area contributed by atoms with Crippen LogP contribution in [-0.4, -0.2) is 14.2 Å². The summed E-state index contributed by atoms with van der Waals surface area (Å²) in [6.07, 6.45) is 9.43. The second-order valence-corrected chi connectivity index (χ2v) is 6.67. The molecule has 0 unspecified atom stereocenters. The van der Waals surface area contributed by atoms with Gasteiger partial charge in [0.1, 0.15) is 23.1 Å². The molecule has 0 spiro atoms. The minimum absolute atomic E-state index is 0.334. The van der Waals surface area contributed by atoms with E-state index >= 15 is 0 Å². The van der Waals surface area contributed by atoms with Gasteiger partial charge in [0, 0.05) is 17.2 Å². The average molecular weight is 358 g/mol. The van der Waals surface area contributed by atoms with Crippen molar-refractivity contribution < 1.29 is 18.3 Å². The van der Waals surface area contributed by atoms with Crippen LogP contribution in [-0.2, 0) is 0 Å². The van der Waals surface area contributed by atoms with Crippen LogP contribution in [0.15, 0.2) is 30.3 Å². The molecule has 0 aromatic heterocycles. The Morgan fingerprint density at radius 3 is 2.12 bits per heavy atom. The van der Waals surface area contributed by atoms with Gasteiger partial charge < -0.3 is 9.47 Å². The van der Waals surface area contributed by atoms with Crippen molar-refractivity contribution in [2.24, 2.45) is 0 Å². The summed E-state index contributed by atoms with van der Waals surface area (Å²) in [6, 6.07) is 7.45. The van der Waals surface area contributed by atoms with E-state index in [4.69, 9.17) is 9.47 Å². The van der Waals surface area contributed by atoms with Gasteiger partial charge in [0.25, 0.3) is 0 Å². The third-order valence-electron chi connectivity index (χ3n) is 5.00. The van der Waals surface area contributed by atoms with Crippen molar-refractivity contribution in [1.82, 2.24) is 0 Å². The summed E-state index contributed by atoms with van der Waals surface area (Å²) in [5.74, 6) is 0.881. The van der Waals surface area contributed by atoms with Gasteiger partial charge in [0.2, 0.25) is 0 Å². The monoisotopic (exact) mass is 358 g/mol. The molecular formula is C22H24F2O2. The number of rotatable bonds is 5. The lowest BCUT2D eigenvalue weighted by atomic mass is 9.82. The summed E-state index contributed by atoms with van der Waals surface area (Å²) in [5, 5.41) is 0. The normalized spacial score (nSPS) is 15.4. The van der Waals surface area contributed by atoms with E-state index in [1.165, 1.54) is 31.4 Å². The van der Waals surface area contributed by atoms with Crippen LogP contribution in [0.4, 0.5) is 8.78 Å². The van der Waals surface area contributed by atoms with Gasteiger partial charge in [-0.25, -0.2) is 8.78 Å². The lowest BCUT2D eigenvalue weighted by Gasteiger charge is -2.26. The predicted octanol–water partition coefficient (Wildman–Crippen LogP) is 6.20. The molecule has 2 aromatic carbocycles. The highest BCUT2D eigenvalue weighted by Gasteiger charge is 2.23. The SMILES string of the molecule is COc1cc(C=Cc2ccc(F)cc2F)cc(OC)c1C1CCCCC1. The quantitative estimate of drug-likeness (QED) is 0.593. The summed E-state index contributed by atoms with van der Waals surface area (Å²) in [4.78, 5) is 0. The van der Waals surface area contributed by atoms with Gasteiger partial charge in [-0.15, -0.1) is 0 Å². The second kappa shape index (κ2) is 8.35. The zero-order valence-corrected chi connectivity index (χ0v) is 15.2. The zero-order chi connectivity index (χ0) is 18.5. The number of hydrogen-bond donors (Lipinski definition) is 0. The molecule has 1 fully saturated rings. The van der Waals surface area contributed by atoms with E-state index in [1.54, 1.807) is 26.4 Å². The van der Waals surface area contributed by atoms with Crippen molar-refractivity contribution in [3.05, 3.63) is 58.7 Å². The first-order valence-electron chi connectivity index (χ1n) is 9.01. The van der Waals surface area contributed by atoms with E-state index < -0.39 is 11.6 Å². The summed E-state index contributed by atoms with van der Waals surface area (Å²) in [6.45, 7) is 0. The first kappa shape index (κ1) is 18.4. The van der Waals surface area contributed by atoms with Crippen LogP contribution in [0.3, 0.4) is 0 Å². The molecule has 0 aliphatic heterocycles. The molecule has 26 heavy (non-hydrogen) atoms. The highest BCUT2D eigenvalue weighted by Crippen LogP contribution is 2.43. The second-order valence-electron chi connectivity index (χ2n) is 6.67. The van der Waals surface area contributed by atoms with Crippen molar-refractivity contribution >= 4 is 12.2 Å². The Labute approximate surface area is 153 Å². The molecule has 138 valence electrons. The van der Waals surface area contributed by atoms with Crippen molar-refractivity contribution in [2.45, 2.75) is 38.0 Å². The standard InChI is InChI=1S/C22H24F2O2/c1-25-20-12-15(8-9-16-10-11-18(23)14-19(16)24)13-21(26-2)22(20)17-6-4-3-5-7-17/h8-14,17H,3-7H2,1-2H3. The molecule has 2 aromatic rings. The molecule has 1 aliphatic carbocycles. The first-order valence-corrected chi connectivity index (χ1v) is 9.01. The van der Waals surface area contributed by atoms with E-state index in [-0.39, 0.29) is 0 Å². The topological polar surface area (TPSA) is 18.5 Å². The van der Waals surface area contributed by atoms with Crippen LogP contribution in [0, 0.1) is 11.6 Å². The van der Waals surface area contributed by atoms with E-state index in [2.05, 4.69) is 0 Å². The molecule has 2 nitrogen and oxygen atoms in total. The van der Waals surface area contributed by atoms with Crippen molar-refractivity contribution in [1.29, 1.82) is 0 Å². The van der Waals surface area contributed by atoms with Gasteiger partial charge >= 0.3 is 0 Å². The Morgan fingerprint density at radius 2 is 1.54 bits per heavy atom. The zero-order valence-electron chi connectivity index (χ0n) is 15.2. The molecule has 3 rings (SSSR count). The smallest absolute Gasteiger partial charge is 0.133 e. The number of ether oxygens (including phenoxy) is 2. The van der Waals surface area contributed by atoms with Crippen LogP contribution >= 0.6 is 0 Å². The maximum absolute atomic E-state index is 13.8. The maximum Gasteiger partial charge on any atom is 0.133 e. The molecule has 0 saturated heterocycles. The third-order valence-corrected chi connectivity index (χ3v) is 5.00. The summed E-state index contributed by atoms with van der Waals surface area (Å²) in [7, 11) is 3.32. The Bertz CT molecular complexity index is 768. The highest BCUT2D eigenvalue weighted by atomic mass is 19.1. The summed E-state index contributed by atoms with van der Waals surface area (Å²) >= 11 is 0. The van der Waals surface area contributed by atoms with Crippen LogP contribution in [0.5, 0.6) is 11.5 Å². The van der Waals surface area contributed by atoms with Gasteiger partial charge in [0.15, 0.2) is 0 Å². The fraction of sp³-hybridized carbons (Fsp3) is 0.364. The number of benzene rings is 2. The molecule has 0 atom stereocenters. The first-order chi connectivity index (χ1) is 12.6. The Hall–Kier alpha value is -2.36. The van der Waals surface area contributed by atoms with E-state index in [0.717, 1.165) is 41.5 Å². The maximum atomic E-state index is 13.8. The summed E-state index contributed by atoms with van der Waals surface area (Å²) < 4.78 is 38.1. The summed E-state index contributed by atoms with van der Waals surface area (Å²) in [5.41, 5.74) is 2.31. The lowest BCUT2D eigenvalue weighted by Crippen LogP contribution is -2.08. The predicted molar refractivity (Wildman–Crippen MR) is 101 cm³/mol. The number of methoxy groups -OCH3 is 2. The van der Waals surface area contributed by atoms with E-state index in [0.29, 0.717) is 11.5 Å². The van der Waals surface area contributed by atoms with Gasteiger partial charge in [-0.2, -0.15) is 0 Å². The fourth-order valence-electron chi connectivity index (χ4n) is 3.67. The number of hydrogen-bond acceptors (Lipinski definition) is 2. The Kier molecular flexibility index (Phi) is 5.92. The van der Waals surface area contributed by atoms with Crippen molar-refractivity contribution in [3.63, 3.8) is 0 Å². The minimum atomic E-state index is -0.584. The fourth-order valence-corrected chi connectivity index (χ4v) is 3.67. The van der Waals surface area contributed by atoms with E-state index in [9.17, 15) is 8.78 Å².